The van der Waals surface area contributed by atoms with E-state index in [0.29, 0.717) is 6.61 Å². The van der Waals surface area contributed by atoms with Crippen LogP contribution in [0.15, 0.2) is 36.4 Å². The second-order valence-corrected chi connectivity index (χ2v) is 5.18. The van der Waals surface area contributed by atoms with Crippen LogP contribution in [0.1, 0.15) is 19.5 Å². The molecule has 2 aromatic heterocycles. The third kappa shape index (κ3) is 2.69. The van der Waals surface area contributed by atoms with E-state index in [0.717, 1.165) is 39.4 Å². The molecule has 4 nitrogen and oxygen atoms in total. The number of rotatable bonds is 4. The van der Waals surface area contributed by atoms with Crippen molar-refractivity contribution in [3.63, 3.8) is 0 Å². The Morgan fingerprint density at radius 1 is 1.24 bits per heavy atom. The molecule has 3 aromatic rings. The van der Waals surface area contributed by atoms with Crippen LogP contribution in [0.4, 0.5) is 0 Å². The van der Waals surface area contributed by atoms with E-state index in [-0.39, 0.29) is 0 Å². The van der Waals surface area contributed by atoms with E-state index < -0.39 is 0 Å². The average molecular weight is 299 g/mol. The first-order valence-corrected chi connectivity index (χ1v) is 7.47. The number of nitrogens with zero attached hydrogens (tertiary/aromatic N) is 2. The molecular formula is C16H17N3OS. The number of aromatic nitrogens is 3. The van der Waals surface area contributed by atoms with Crippen molar-refractivity contribution in [1.29, 1.82) is 0 Å². The molecule has 21 heavy (non-hydrogen) atoms. The molecule has 0 atom stereocenters. The average Bonchev–Trinajstić information content (AvgIpc) is 2.92. The molecule has 0 aliphatic carbocycles. The summed E-state index contributed by atoms with van der Waals surface area (Å²) in [7, 11) is 0. The van der Waals surface area contributed by atoms with E-state index >= 15 is 0 Å². The maximum Gasteiger partial charge on any atom is 0.155 e. The van der Waals surface area contributed by atoms with Crippen LogP contribution in [-0.2, 0) is 6.42 Å². The van der Waals surface area contributed by atoms with Crippen LogP contribution in [0, 0.1) is 4.64 Å². The van der Waals surface area contributed by atoms with Gasteiger partial charge in [0.05, 0.1) is 12.3 Å². The van der Waals surface area contributed by atoms with Gasteiger partial charge in [-0.25, -0.2) is 9.50 Å². The van der Waals surface area contributed by atoms with Gasteiger partial charge in [-0.1, -0.05) is 31.3 Å². The van der Waals surface area contributed by atoms with Crippen LogP contribution in [0.3, 0.4) is 0 Å². The number of ether oxygens (including phenoxy) is 1. The van der Waals surface area contributed by atoms with Crippen LogP contribution < -0.4 is 4.74 Å². The van der Waals surface area contributed by atoms with E-state index in [1.165, 1.54) is 0 Å². The van der Waals surface area contributed by atoms with Gasteiger partial charge in [0.2, 0.25) is 0 Å². The van der Waals surface area contributed by atoms with Gasteiger partial charge >= 0.3 is 0 Å². The normalized spacial score (nSPS) is 11.0. The molecule has 0 spiro atoms. The molecule has 0 bridgehead atoms. The van der Waals surface area contributed by atoms with Crippen molar-refractivity contribution in [2.75, 3.05) is 6.61 Å². The molecule has 1 aromatic carbocycles. The minimum absolute atomic E-state index is 0.655. The lowest BCUT2D eigenvalue weighted by atomic mass is 10.1. The molecule has 2 heterocycles. The van der Waals surface area contributed by atoms with Gasteiger partial charge in [0.15, 0.2) is 5.65 Å². The highest BCUT2D eigenvalue weighted by Crippen LogP contribution is 2.24. The van der Waals surface area contributed by atoms with E-state index in [2.05, 4.69) is 17.0 Å². The Hall–Kier alpha value is -2.14. The molecule has 0 aliphatic heterocycles. The zero-order valence-corrected chi connectivity index (χ0v) is 12.9. The highest BCUT2D eigenvalue weighted by molar-refractivity contribution is 7.71. The lowest BCUT2D eigenvalue weighted by molar-refractivity contribution is 0.340. The highest BCUT2D eigenvalue weighted by Gasteiger charge is 2.07. The fraction of sp³-hybridized carbons (Fsp3) is 0.250. The fourth-order valence-electron chi connectivity index (χ4n) is 2.29. The summed E-state index contributed by atoms with van der Waals surface area (Å²) in [4.78, 5) is 4.59. The molecule has 0 saturated heterocycles. The van der Waals surface area contributed by atoms with Crippen LogP contribution >= 0.6 is 12.2 Å². The number of nitrogens with one attached hydrogen (secondary N) is 1. The van der Waals surface area contributed by atoms with Gasteiger partial charge in [-0.15, -0.1) is 0 Å². The van der Waals surface area contributed by atoms with E-state index in [1.807, 2.05) is 47.8 Å². The second-order valence-electron chi connectivity index (χ2n) is 4.76. The summed E-state index contributed by atoms with van der Waals surface area (Å²) in [5.41, 5.74) is 3.88. The van der Waals surface area contributed by atoms with Gasteiger partial charge in [-0.2, -0.15) is 0 Å². The highest BCUT2D eigenvalue weighted by atomic mass is 32.1. The minimum atomic E-state index is 0.655. The lowest BCUT2D eigenvalue weighted by Crippen LogP contribution is -1.95. The van der Waals surface area contributed by atoms with Crippen molar-refractivity contribution in [3.05, 3.63) is 46.7 Å². The monoisotopic (exact) mass is 299 g/mol. The third-order valence-corrected chi connectivity index (χ3v) is 3.62. The molecule has 0 unspecified atom stereocenters. The number of aryl methyl sites for hydroxylation is 1. The SMILES string of the molecule is CCOc1cccc(-c2cc3nc(CC)cc(=S)n3[nH]2)c1. The van der Waals surface area contributed by atoms with E-state index in [9.17, 15) is 0 Å². The first-order chi connectivity index (χ1) is 10.2. The number of benzene rings is 1. The summed E-state index contributed by atoms with van der Waals surface area (Å²) in [5.74, 6) is 0.861. The molecule has 5 heteroatoms. The smallest absolute Gasteiger partial charge is 0.155 e. The zero-order chi connectivity index (χ0) is 14.8. The van der Waals surface area contributed by atoms with Crippen molar-refractivity contribution >= 4 is 17.9 Å². The molecule has 108 valence electrons. The Kier molecular flexibility index (Phi) is 3.75. The minimum Gasteiger partial charge on any atom is -0.494 e. The van der Waals surface area contributed by atoms with Crippen molar-refractivity contribution in [3.8, 4) is 17.0 Å². The molecular weight excluding hydrogens is 282 g/mol. The number of hydrogen-bond acceptors (Lipinski definition) is 3. The summed E-state index contributed by atoms with van der Waals surface area (Å²) in [6.45, 7) is 4.71. The van der Waals surface area contributed by atoms with Crippen LogP contribution in [0.2, 0.25) is 0 Å². The van der Waals surface area contributed by atoms with Gasteiger partial charge in [-0.05, 0) is 31.5 Å². The summed E-state index contributed by atoms with van der Waals surface area (Å²) < 4.78 is 8.12. The van der Waals surface area contributed by atoms with Crippen LogP contribution in [0.5, 0.6) is 5.75 Å². The Bertz CT molecular complexity index is 835. The van der Waals surface area contributed by atoms with Gasteiger partial charge in [0.1, 0.15) is 10.4 Å². The van der Waals surface area contributed by atoms with Crippen molar-refractivity contribution in [2.24, 2.45) is 0 Å². The Morgan fingerprint density at radius 3 is 2.86 bits per heavy atom. The first-order valence-electron chi connectivity index (χ1n) is 7.06. The second kappa shape index (κ2) is 5.69. The molecule has 3 rings (SSSR count). The molecule has 0 fully saturated rings. The third-order valence-electron chi connectivity index (χ3n) is 3.32. The van der Waals surface area contributed by atoms with Gasteiger partial charge in [0.25, 0.3) is 0 Å². The van der Waals surface area contributed by atoms with E-state index in [4.69, 9.17) is 17.0 Å². The maximum absolute atomic E-state index is 5.55. The number of fused-ring (bicyclic) bond motifs is 1. The summed E-state index contributed by atoms with van der Waals surface area (Å²) in [6, 6.07) is 11.9. The van der Waals surface area contributed by atoms with Gasteiger partial charge < -0.3 is 4.74 Å². The lowest BCUT2D eigenvalue weighted by Gasteiger charge is -2.04. The molecule has 0 radical (unpaired) electrons. The largest absolute Gasteiger partial charge is 0.494 e. The number of hydrogen-bond donors (Lipinski definition) is 1. The number of aromatic amines is 1. The Balaban J connectivity index is 2.11. The van der Waals surface area contributed by atoms with Gasteiger partial charge in [0, 0.05) is 17.3 Å². The van der Waals surface area contributed by atoms with Crippen LogP contribution in [0.25, 0.3) is 16.9 Å². The van der Waals surface area contributed by atoms with Crippen LogP contribution in [-0.4, -0.2) is 21.2 Å². The molecule has 0 saturated carbocycles. The summed E-state index contributed by atoms with van der Waals surface area (Å²) >= 11 is 5.41. The first kappa shape index (κ1) is 13.8. The Labute approximate surface area is 128 Å². The predicted octanol–water partition coefficient (Wildman–Crippen LogP) is 4.02. The quantitative estimate of drug-likeness (QED) is 0.740. The summed E-state index contributed by atoms with van der Waals surface area (Å²) in [6.07, 6.45) is 0.875. The topological polar surface area (TPSA) is 42.3 Å². The predicted molar refractivity (Wildman–Crippen MR) is 86.4 cm³/mol. The van der Waals surface area contributed by atoms with Crippen molar-refractivity contribution < 1.29 is 4.74 Å². The van der Waals surface area contributed by atoms with Crippen molar-refractivity contribution in [2.45, 2.75) is 20.3 Å². The standard InChI is InChI=1S/C16H17N3OS/c1-3-12-9-16(21)19-15(17-12)10-14(18-19)11-6-5-7-13(8-11)20-4-2/h5-10,18H,3-4H2,1-2H3. The van der Waals surface area contributed by atoms with Gasteiger partial charge in [-0.3, -0.25) is 5.10 Å². The summed E-state index contributed by atoms with van der Waals surface area (Å²) in [5, 5.41) is 3.30. The number of H-pyrrole nitrogens is 1. The maximum atomic E-state index is 5.55. The Morgan fingerprint density at radius 2 is 2.10 bits per heavy atom. The fourth-order valence-corrected chi connectivity index (χ4v) is 2.56. The zero-order valence-electron chi connectivity index (χ0n) is 12.1. The van der Waals surface area contributed by atoms with Crippen molar-refractivity contribution in [1.82, 2.24) is 14.6 Å². The van der Waals surface area contributed by atoms with E-state index in [1.54, 1.807) is 0 Å². The molecule has 1 N–H and O–H groups in total. The molecule has 0 aliphatic rings. The molecule has 0 amide bonds.